The minimum atomic E-state index is -0.919. The molecule has 3 atom stereocenters. The lowest BCUT2D eigenvalue weighted by Crippen LogP contribution is -2.51. The molecule has 0 fully saturated rings. The number of hydrogen-bond donors (Lipinski definition) is 4. The molecule has 35 heteroatoms. The molecule has 0 aliphatic carbocycles. The van der Waals surface area contributed by atoms with E-state index in [1.54, 1.807) is 5.34 Å². The van der Waals surface area contributed by atoms with Gasteiger partial charge in [0.2, 0.25) is 0 Å². The quantitative estimate of drug-likeness (QED) is 0.0400. The van der Waals surface area contributed by atoms with Gasteiger partial charge in [0, 0.05) is 66.4 Å². The van der Waals surface area contributed by atoms with Crippen LogP contribution < -0.4 is 16.4 Å². The number of methoxy groups -OCH3 is 6. The predicted molar refractivity (Wildman–Crippen MR) is 179 cm³/mol. The van der Waals surface area contributed by atoms with Gasteiger partial charge < -0.3 is 44.8 Å². The summed E-state index contributed by atoms with van der Waals surface area (Å²) in [4.78, 5) is 67.4. The molecule has 0 rings (SSSR count). The number of nitrogens with two attached hydrogens (primary N) is 1. The molecule has 0 aromatic rings. The molecular formula is C22H38FN21O12S. The van der Waals surface area contributed by atoms with E-state index >= 15 is 0 Å². The number of nitrogens with one attached hydrogen (secondary N) is 3. The van der Waals surface area contributed by atoms with Crippen LogP contribution in [-0.2, 0) is 57.2 Å². The van der Waals surface area contributed by atoms with E-state index in [0.717, 1.165) is 0 Å². The Morgan fingerprint density at radius 1 is 0.526 bits per heavy atom. The maximum Gasteiger partial charge on any atom is 0.328 e. The average Bonchev–Trinajstić information content (AvgIpc) is 3.23. The number of rotatable bonds is 22. The third kappa shape index (κ3) is 34.3. The van der Waals surface area contributed by atoms with E-state index in [2.05, 4.69) is 123 Å². The summed E-state index contributed by atoms with van der Waals surface area (Å²) in [5.74, 6) is -3.16. The number of ether oxygens (including phenoxy) is 6. The van der Waals surface area contributed by atoms with E-state index in [9.17, 15) is 33.2 Å². The zero-order chi connectivity index (χ0) is 43.7. The fourth-order valence-electron chi connectivity index (χ4n) is 2.78. The monoisotopic (exact) mass is 839 g/mol. The summed E-state index contributed by atoms with van der Waals surface area (Å²) in [5, 5.41) is 52.2. The van der Waals surface area contributed by atoms with Crippen molar-refractivity contribution in [2.45, 2.75) is 56.7 Å². The van der Waals surface area contributed by atoms with E-state index in [1.165, 1.54) is 42.7 Å². The van der Waals surface area contributed by atoms with Gasteiger partial charge in [-0.2, -0.15) is 5.53 Å². The largest absolute Gasteiger partial charge is 0.469 e. The van der Waals surface area contributed by atoms with Crippen molar-refractivity contribution in [1.29, 1.82) is 5.53 Å². The van der Waals surface area contributed by atoms with Crippen LogP contribution >= 0.6 is 12.2 Å². The first kappa shape index (κ1) is 54.1. The van der Waals surface area contributed by atoms with Gasteiger partial charge in [0.05, 0.1) is 42.7 Å². The van der Waals surface area contributed by atoms with Crippen molar-refractivity contribution >= 4 is 53.1 Å². The Hall–Kier alpha value is -7.20. The Kier molecular flexibility index (Phi) is 36.6. The van der Waals surface area contributed by atoms with Crippen LogP contribution in [-0.4, -0.2) is 102 Å². The number of esters is 6. The van der Waals surface area contributed by atoms with Crippen molar-refractivity contribution in [3.8, 4) is 0 Å². The van der Waals surface area contributed by atoms with Gasteiger partial charge in [0.25, 0.3) is 0 Å². The second kappa shape index (κ2) is 38.5. The Bertz CT molecular complexity index is 1450. The molecule has 33 nitrogen and oxygen atoms in total. The molecule has 0 radical (unpaired) electrons. The molecule has 0 heterocycles. The van der Waals surface area contributed by atoms with Crippen LogP contribution in [0.5, 0.6) is 0 Å². The van der Waals surface area contributed by atoms with Crippen molar-refractivity contribution < 1.29 is 61.7 Å². The molecule has 0 unspecified atom stereocenters. The lowest BCUT2D eigenvalue weighted by molar-refractivity contribution is -0.145. The zero-order valence-corrected chi connectivity index (χ0v) is 31.7. The van der Waals surface area contributed by atoms with Crippen molar-refractivity contribution in [2.75, 3.05) is 42.7 Å². The number of nitrogens with zero attached hydrogens (tertiary/aromatic N) is 17. The van der Waals surface area contributed by atoms with Gasteiger partial charge in [0.1, 0.15) is 18.1 Å². The first-order chi connectivity index (χ1) is 27.3. The lowest BCUT2D eigenvalue weighted by atomic mass is 10.1. The second-order valence-corrected chi connectivity index (χ2v) is 9.17. The van der Waals surface area contributed by atoms with Gasteiger partial charge >= 0.3 is 35.8 Å². The first-order valence-electron chi connectivity index (χ1n) is 14.8. The van der Waals surface area contributed by atoms with E-state index in [0.29, 0.717) is 0 Å². The Balaban J connectivity index is -0.000000823. The Morgan fingerprint density at radius 2 is 0.825 bits per heavy atom. The smallest absolute Gasteiger partial charge is 0.328 e. The molecule has 316 valence electrons. The van der Waals surface area contributed by atoms with E-state index in [-0.39, 0.29) is 49.6 Å². The normalized spacial score (nSPS) is 12.8. The highest BCUT2D eigenvalue weighted by Crippen LogP contribution is 2.05. The van der Waals surface area contributed by atoms with E-state index in [1.807, 2.05) is 0 Å². The average molecular weight is 840 g/mol. The second-order valence-electron chi connectivity index (χ2n) is 8.76. The maximum absolute atomic E-state index is 11.8. The molecule has 0 aliphatic rings. The van der Waals surface area contributed by atoms with Crippen molar-refractivity contribution in [1.82, 2.24) is 10.6 Å². The Morgan fingerprint density at radius 3 is 1.11 bits per heavy atom. The van der Waals surface area contributed by atoms with Crippen molar-refractivity contribution in [3.63, 3.8) is 0 Å². The van der Waals surface area contributed by atoms with Crippen LogP contribution in [0.4, 0.5) is 4.48 Å². The third-order valence-corrected chi connectivity index (χ3v) is 5.58. The maximum atomic E-state index is 11.8. The molecule has 0 saturated carbocycles. The lowest BCUT2D eigenvalue weighted by Gasteiger charge is -2.22. The third-order valence-electron chi connectivity index (χ3n) is 5.34. The zero-order valence-electron chi connectivity index (χ0n) is 30.8. The highest BCUT2D eigenvalue weighted by Gasteiger charge is 2.25. The van der Waals surface area contributed by atoms with E-state index in [4.69, 9.17) is 23.5 Å². The number of halogens is 1. The molecule has 0 aromatic carbocycles. The number of hydrogen-bond acceptors (Lipinski definition) is 16. The first-order valence-corrected chi connectivity index (χ1v) is 15.2. The summed E-state index contributed by atoms with van der Waals surface area (Å²) < 4.78 is 38.0. The standard InChI is InChI=1S/C15H24N2O8S.C7H13NO4.FHN18/c1-22-11(18)7-5-9(13(20)24-3)16-15(26)17-10(14(21)25-4)6-8-12(19)23-2;1-11-6(9)4-3-5(8)7(10)12-2;1-3-5-7-9-11-13-15-17-19-18-16-14-12-10-8-6-4-2/h9-10H,5-8H2,1-4H3,(H2,16,17,26);5H,3-4,8H2,1-2H3;2H/b;;4-2?,5-3?,8-6+,9-7+,12-10+,13-11+,16-14+,17-15+,19-18+/t9-,10-;5-;/m00./s1. The van der Waals surface area contributed by atoms with Crippen LogP contribution in [0.3, 0.4) is 0 Å². The fraction of sp³-hybridized carbons (Fsp3) is 0.682. The van der Waals surface area contributed by atoms with Crippen LogP contribution in [0, 0.1) is 5.53 Å². The van der Waals surface area contributed by atoms with Crippen molar-refractivity contribution in [3.05, 3.63) is 0 Å². The van der Waals surface area contributed by atoms with Crippen LogP contribution in [0.2, 0.25) is 0 Å². The number of thiocarbonyl (C=S) groups is 1. The molecule has 0 spiro atoms. The highest BCUT2D eigenvalue weighted by molar-refractivity contribution is 7.80. The van der Waals surface area contributed by atoms with Crippen LogP contribution in [0.15, 0.2) is 88.9 Å². The van der Waals surface area contributed by atoms with Crippen molar-refractivity contribution in [2.24, 2.45) is 94.6 Å². The summed E-state index contributed by atoms with van der Waals surface area (Å²) in [6.45, 7) is 0. The molecule has 0 saturated heterocycles. The molecule has 0 aliphatic heterocycles. The molecule has 0 bridgehead atoms. The van der Waals surface area contributed by atoms with Gasteiger partial charge in [-0.05, 0) is 73.3 Å². The number of carbonyl (C=O) groups is 6. The fourth-order valence-corrected chi connectivity index (χ4v) is 3.07. The summed E-state index contributed by atoms with van der Waals surface area (Å²) >= 11 is 5.09. The molecule has 0 aromatic heterocycles. The summed E-state index contributed by atoms with van der Waals surface area (Å²) in [7, 11) is 7.39. The van der Waals surface area contributed by atoms with Gasteiger partial charge in [-0.3, -0.25) is 19.2 Å². The SMILES string of the molecule is COC(=O)CC[C@H](N)C(=O)OC.COC(=O)CC[C@H](NC(=S)N[C@@H](CCC(=O)OC)C(=O)OC)C(=O)OC.N=N/N=N/N=N/N=N/N=N/N=N/N=N/N=N/N=NF. The van der Waals surface area contributed by atoms with Crippen LogP contribution in [0.1, 0.15) is 38.5 Å². The minimum Gasteiger partial charge on any atom is -0.469 e. The van der Waals surface area contributed by atoms with Gasteiger partial charge in [0.15, 0.2) is 5.11 Å². The van der Waals surface area contributed by atoms with E-state index < -0.39 is 48.0 Å². The number of carbonyl (C=O) groups excluding carboxylic acids is 6. The Labute approximate surface area is 325 Å². The molecular weight excluding hydrogens is 801 g/mol. The molecule has 5 N–H and O–H groups in total. The van der Waals surface area contributed by atoms with Gasteiger partial charge in [-0.25, -0.2) is 9.59 Å². The topological polar surface area (TPSA) is 442 Å². The minimum absolute atomic E-state index is 0.0331. The summed E-state index contributed by atoms with van der Waals surface area (Å²) in [5.41, 5.74) is 11.5. The van der Waals surface area contributed by atoms with Crippen LogP contribution in [0.25, 0.3) is 0 Å². The molecule has 0 amide bonds. The summed E-state index contributed by atoms with van der Waals surface area (Å²) in [6, 6.07) is -2.58. The van der Waals surface area contributed by atoms with Gasteiger partial charge in [-0.15, -0.1) is 0 Å². The predicted octanol–water partition coefficient (Wildman–Crippen LogP) is 2.72. The highest BCUT2D eigenvalue weighted by atomic mass is 32.1. The summed E-state index contributed by atoms with van der Waals surface area (Å²) in [6.07, 6.45) is 0.466. The molecule has 57 heavy (non-hydrogen) atoms. The van der Waals surface area contributed by atoms with Gasteiger partial charge in [-0.1, -0.05) is 4.48 Å².